The van der Waals surface area contributed by atoms with Crippen LogP contribution in [0, 0.1) is 5.92 Å². The van der Waals surface area contributed by atoms with Crippen LogP contribution in [-0.2, 0) is 10.2 Å². The van der Waals surface area contributed by atoms with E-state index in [0.717, 1.165) is 25.9 Å². The summed E-state index contributed by atoms with van der Waals surface area (Å²) in [4.78, 5) is 0. The number of halogens is 1. The van der Waals surface area contributed by atoms with Crippen molar-refractivity contribution in [2.75, 3.05) is 32.7 Å². The van der Waals surface area contributed by atoms with Crippen molar-refractivity contribution >= 4 is 22.6 Å². The Bertz CT molecular complexity index is 363. The highest BCUT2D eigenvalue weighted by atomic mass is 35.5. The number of nitrogens with one attached hydrogen (secondary N) is 1. The Morgan fingerprint density at radius 3 is 2.56 bits per heavy atom. The monoisotopic (exact) mass is 297 g/mol. The van der Waals surface area contributed by atoms with Crippen molar-refractivity contribution in [1.29, 1.82) is 0 Å². The first-order chi connectivity index (χ1) is 8.01. The van der Waals surface area contributed by atoms with E-state index >= 15 is 0 Å². The first-order valence-electron chi connectivity index (χ1n) is 6.49. The van der Waals surface area contributed by atoms with Gasteiger partial charge in [0.25, 0.3) is 10.2 Å². The lowest BCUT2D eigenvalue weighted by Gasteiger charge is -2.39. The smallest absolute Gasteiger partial charge is 0.282 e. The van der Waals surface area contributed by atoms with E-state index in [4.69, 9.17) is 0 Å². The molecule has 1 N–H and O–H groups in total. The van der Waals surface area contributed by atoms with Gasteiger partial charge in [0.1, 0.15) is 0 Å². The van der Waals surface area contributed by atoms with Gasteiger partial charge >= 0.3 is 0 Å². The van der Waals surface area contributed by atoms with Crippen molar-refractivity contribution in [1.82, 2.24) is 13.9 Å². The van der Waals surface area contributed by atoms with E-state index in [1.165, 1.54) is 0 Å². The molecule has 2 atom stereocenters. The lowest BCUT2D eigenvalue weighted by Crippen LogP contribution is -2.57. The lowest BCUT2D eigenvalue weighted by atomic mass is 10.0. The highest BCUT2D eigenvalue weighted by Gasteiger charge is 2.36. The molecule has 0 aromatic heterocycles. The second-order valence-electron chi connectivity index (χ2n) is 5.28. The molecule has 2 aliphatic rings. The van der Waals surface area contributed by atoms with Gasteiger partial charge in [-0.25, -0.2) is 0 Å². The Balaban J connectivity index is 0.00000162. The molecule has 0 radical (unpaired) electrons. The van der Waals surface area contributed by atoms with Crippen LogP contribution in [0.4, 0.5) is 0 Å². The standard InChI is InChI=1S/C11H23N3O2S.ClH/c1-10-4-3-6-13(9-10)17(15,16)14-7-5-12-8-11(14)2;/h10-12H,3-9H2,1-2H3;1H/t10?,11-;/m0./s1. The van der Waals surface area contributed by atoms with Crippen LogP contribution in [0.25, 0.3) is 0 Å². The molecular formula is C11H24ClN3O2S. The van der Waals surface area contributed by atoms with E-state index in [2.05, 4.69) is 12.2 Å². The van der Waals surface area contributed by atoms with E-state index in [1.54, 1.807) is 8.61 Å². The van der Waals surface area contributed by atoms with Crippen LogP contribution in [0.1, 0.15) is 26.7 Å². The highest BCUT2D eigenvalue weighted by molar-refractivity contribution is 7.86. The second-order valence-corrected chi connectivity index (χ2v) is 7.16. The summed E-state index contributed by atoms with van der Waals surface area (Å²) < 4.78 is 28.4. The van der Waals surface area contributed by atoms with Crippen LogP contribution in [0.2, 0.25) is 0 Å². The fourth-order valence-corrected chi connectivity index (χ4v) is 4.62. The zero-order valence-corrected chi connectivity index (χ0v) is 12.8. The number of piperazine rings is 1. The van der Waals surface area contributed by atoms with E-state index in [1.807, 2.05) is 6.92 Å². The quantitative estimate of drug-likeness (QED) is 0.815. The molecule has 108 valence electrons. The Hall–Kier alpha value is 0.120. The van der Waals surface area contributed by atoms with Gasteiger partial charge in [-0.1, -0.05) is 6.92 Å². The summed E-state index contributed by atoms with van der Waals surface area (Å²) in [6.07, 6.45) is 2.13. The lowest BCUT2D eigenvalue weighted by molar-refractivity contribution is 0.226. The molecular weight excluding hydrogens is 274 g/mol. The molecule has 2 fully saturated rings. The first-order valence-corrected chi connectivity index (χ1v) is 7.89. The fraction of sp³-hybridized carbons (Fsp3) is 1.00. The molecule has 5 nitrogen and oxygen atoms in total. The van der Waals surface area contributed by atoms with E-state index in [9.17, 15) is 8.42 Å². The van der Waals surface area contributed by atoms with Gasteiger partial charge in [-0.2, -0.15) is 17.0 Å². The van der Waals surface area contributed by atoms with Gasteiger partial charge in [0.05, 0.1) is 0 Å². The van der Waals surface area contributed by atoms with E-state index in [0.29, 0.717) is 25.6 Å². The normalized spacial score (nSPS) is 31.9. The average molecular weight is 298 g/mol. The van der Waals surface area contributed by atoms with Crippen LogP contribution >= 0.6 is 12.4 Å². The van der Waals surface area contributed by atoms with Crippen molar-refractivity contribution in [2.24, 2.45) is 5.92 Å². The van der Waals surface area contributed by atoms with Gasteiger partial charge < -0.3 is 5.32 Å². The predicted molar refractivity (Wildman–Crippen MR) is 75.2 cm³/mol. The molecule has 0 spiro atoms. The molecule has 0 bridgehead atoms. The van der Waals surface area contributed by atoms with Gasteiger partial charge in [-0.05, 0) is 25.7 Å². The number of piperidine rings is 1. The summed E-state index contributed by atoms with van der Waals surface area (Å²) in [6.45, 7) is 7.56. The highest BCUT2D eigenvalue weighted by Crippen LogP contribution is 2.22. The molecule has 2 aliphatic heterocycles. The maximum atomic E-state index is 12.5. The van der Waals surface area contributed by atoms with Gasteiger partial charge in [-0.15, -0.1) is 12.4 Å². The molecule has 0 amide bonds. The Morgan fingerprint density at radius 2 is 1.94 bits per heavy atom. The Morgan fingerprint density at radius 1 is 1.22 bits per heavy atom. The third-order valence-corrected chi connectivity index (χ3v) is 5.80. The third-order valence-electron chi connectivity index (χ3n) is 3.68. The molecule has 1 unspecified atom stereocenters. The van der Waals surface area contributed by atoms with E-state index < -0.39 is 10.2 Å². The minimum atomic E-state index is -3.24. The molecule has 2 rings (SSSR count). The van der Waals surface area contributed by atoms with Crippen LogP contribution in [0.3, 0.4) is 0 Å². The largest absolute Gasteiger partial charge is 0.314 e. The van der Waals surface area contributed by atoms with Crippen molar-refractivity contribution in [3.63, 3.8) is 0 Å². The van der Waals surface area contributed by atoms with Gasteiger partial charge in [0.15, 0.2) is 0 Å². The summed E-state index contributed by atoms with van der Waals surface area (Å²) in [5.74, 6) is 0.483. The summed E-state index contributed by atoms with van der Waals surface area (Å²) in [5.41, 5.74) is 0. The molecule has 2 heterocycles. The SMILES string of the molecule is CC1CCCN(S(=O)(=O)N2CCNC[C@@H]2C)C1.Cl. The number of hydrogen-bond acceptors (Lipinski definition) is 3. The van der Waals surface area contributed by atoms with Crippen LogP contribution in [-0.4, -0.2) is 55.8 Å². The second kappa shape index (κ2) is 6.52. The zero-order chi connectivity index (χ0) is 12.5. The Labute approximate surface area is 116 Å². The van der Waals surface area contributed by atoms with Gasteiger partial charge in [-0.3, -0.25) is 0 Å². The Kier molecular flexibility index (Phi) is 5.86. The van der Waals surface area contributed by atoms with Crippen LogP contribution < -0.4 is 5.32 Å². The summed E-state index contributed by atoms with van der Waals surface area (Å²) >= 11 is 0. The molecule has 0 saturated carbocycles. The average Bonchev–Trinajstić information content (AvgIpc) is 2.29. The summed E-state index contributed by atoms with van der Waals surface area (Å²) in [7, 11) is -3.24. The minimum absolute atomic E-state index is 0. The first kappa shape index (κ1) is 16.2. The minimum Gasteiger partial charge on any atom is -0.314 e. The fourth-order valence-electron chi connectivity index (χ4n) is 2.67. The van der Waals surface area contributed by atoms with Crippen molar-refractivity contribution in [3.8, 4) is 0 Å². The summed E-state index contributed by atoms with van der Waals surface area (Å²) in [6, 6.07) is 0.0611. The number of nitrogens with zero attached hydrogens (tertiary/aromatic N) is 2. The van der Waals surface area contributed by atoms with Crippen molar-refractivity contribution < 1.29 is 8.42 Å². The zero-order valence-electron chi connectivity index (χ0n) is 11.1. The molecule has 0 aliphatic carbocycles. The van der Waals surface area contributed by atoms with E-state index in [-0.39, 0.29) is 18.4 Å². The van der Waals surface area contributed by atoms with Crippen LogP contribution in [0.5, 0.6) is 0 Å². The van der Waals surface area contributed by atoms with Crippen molar-refractivity contribution in [2.45, 2.75) is 32.7 Å². The maximum absolute atomic E-state index is 12.5. The topological polar surface area (TPSA) is 52.7 Å². The number of hydrogen-bond donors (Lipinski definition) is 1. The molecule has 0 aromatic rings. The number of rotatable bonds is 2. The molecule has 7 heteroatoms. The molecule has 0 aromatic carbocycles. The van der Waals surface area contributed by atoms with Crippen molar-refractivity contribution in [3.05, 3.63) is 0 Å². The third kappa shape index (κ3) is 3.36. The molecule has 18 heavy (non-hydrogen) atoms. The molecule has 2 saturated heterocycles. The maximum Gasteiger partial charge on any atom is 0.282 e. The summed E-state index contributed by atoms with van der Waals surface area (Å²) in [5, 5.41) is 3.22. The van der Waals surface area contributed by atoms with Gasteiger partial charge in [0, 0.05) is 38.8 Å². The van der Waals surface area contributed by atoms with Crippen LogP contribution in [0.15, 0.2) is 0 Å². The predicted octanol–water partition coefficient (Wildman–Crippen LogP) is 0.679. The van der Waals surface area contributed by atoms with Gasteiger partial charge in [0.2, 0.25) is 0 Å².